The standard InChI is InChI=1S/C14H22N2S/c1-2-10-6-8-14(15,9-7-10)13-16-11-4-3-5-12(11)17-13/h10H,2-9,15H2,1H3. The Balaban J connectivity index is 1.78. The van der Waals surface area contributed by atoms with Crippen molar-refractivity contribution < 1.29 is 0 Å². The van der Waals surface area contributed by atoms with Crippen LogP contribution in [0.2, 0.25) is 0 Å². The van der Waals surface area contributed by atoms with Gasteiger partial charge in [0.25, 0.3) is 0 Å². The first-order valence-corrected chi connectivity index (χ1v) is 7.81. The molecule has 0 amide bonds. The number of fused-ring (bicyclic) bond motifs is 1. The van der Waals surface area contributed by atoms with Crippen molar-refractivity contribution in [3.8, 4) is 0 Å². The Bertz CT molecular complexity index is 381. The number of hydrogen-bond acceptors (Lipinski definition) is 3. The summed E-state index contributed by atoms with van der Waals surface area (Å²) in [7, 11) is 0. The van der Waals surface area contributed by atoms with Crippen molar-refractivity contribution in [1.82, 2.24) is 4.98 Å². The number of aryl methyl sites for hydroxylation is 2. The van der Waals surface area contributed by atoms with E-state index in [1.165, 1.54) is 54.1 Å². The van der Waals surface area contributed by atoms with Crippen molar-refractivity contribution >= 4 is 11.3 Å². The highest BCUT2D eigenvalue weighted by atomic mass is 32.1. The second-order valence-corrected chi connectivity index (χ2v) is 6.83. The second-order valence-electron chi connectivity index (χ2n) is 5.75. The van der Waals surface area contributed by atoms with E-state index in [2.05, 4.69) is 6.92 Å². The van der Waals surface area contributed by atoms with Gasteiger partial charge in [-0.25, -0.2) is 4.98 Å². The summed E-state index contributed by atoms with van der Waals surface area (Å²) in [5, 5.41) is 1.23. The number of nitrogens with zero attached hydrogens (tertiary/aromatic N) is 1. The van der Waals surface area contributed by atoms with Gasteiger partial charge in [-0.15, -0.1) is 11.3 Å². The molecule has 2 N–H and O–H groups in total. The highest BCUT2D eigenvalue weighted by molar-refractivity contribution is 7.12. The van der Waals surface area contributed by atoms with Gasteiger partial charge in [0.2, 0.25) is 0 Å². The van der Waals surface area contributed by atoms with Gasteiger partial charge in [-0.2, -0.15) is 0 Å². The predicted octanol–water partition coefficient (Wildman–Crippen LogP) is 3.39. The van der Waals surface area contributed by atoms with Gasteiger partial charge < -0.3 is 5.73 Å². The molecular formula is C14H22N2S. The predicted molar refractivity (Wildman–Crippen MR) is 72.3 cm³/mol. The highest BCUT2D eigenvalue weighted by Gasteiger charge is 2.36. The summed E-state index contributed by atoms with van der Waals surface area (Å²) in [6.07, 6.45) is 9.87. The zero-order valence-corrected chi connectivity index (χ0v) is 11.5. The minimum atomic E-state index is -0.0966. The molecule has 0 radical (unpaired) electrons. The van der Waals surface area contributed by atoms with Crippen LogP contribution in [0.5, 0.6) is 0 Å². The fourth-order valence-corrected chi connectivity index (χ4v) is 4.53. The van der Waals surface area contributed by atoms with Crippen LogP contribution in [0.25, 0.3) is 0 Å². The summed E-state index contributed by atoms with van der Waals surface area (Å²) in [6.45, 7) is 2.30. The van der Waals surface area contributed by atoms with E-state index in [4.69, 9.17) is 10.7 Å². The molecular weight excluding hydrogens is 228 g/mol. The van der Waals surface area contributed by atoms with E-state index in [0.717, 1.165) is 18.8 Å². The second kappa shape index (κ2) is 4.36. The van der Waals surface area contributed by atoms with Crippen LogP contribution in [0.1, 0.15) is 61.0 Å². The molecule has 1 saturated carbocycles. The van der Waals surface area contributed by atoms with Crippen LogP contribution >= 0.6 is 11.3 Å². The molecule has 0 atom stereocenters. The largest absolute Gasteiger partial charge is 0.319 e. The van der Waals surface area contributed by atoms with E-state index in [0.29, 0.717) is 0 Å². The Hall–Kier alpha value is -0.410. The van der Waals surface area contributed by atoms with Gasteiger partial charge in [-0.3, -0.25) is 0 Å². The minimum Gasteiger partial charge on any atom is -0.319 e. The number of rotatable bonds is 2. The van der Waals surface area contributed by atoms with Crippen LogP contribution in [0.4, 0.5) is 0 Å². The molecule has 3 heteroatoms. The van der Waals surface area contributed by atoms with Gasteiger partial charge in [0.15, 0.2) is 0 Å². The van der Waals surface area contributed by atoms with Crippen molar-refractivity contribution in [1.29, 1.82) is 0 Å². The molecule has 3 rings (SSSR count). The van der Waals surface area contributed by atoms with Crippen molar-refractivity contribution in [3.05, 3.63) is 15.6 Å². The third-order valence-electron chi connectivity index (χ3n) is 4.60. The van der Waals surface area contributed by atoms with E-state index in [-0.39, 0.29) is 5.54 Å². The summed E-state index contributed by atoms with van der Waals surface area (Å²) in [5.74, 6) is 0.901. The summed E-state index contributed by atoms with van der Waals surface area (Å²) < 4.78 is 0. The molecule has 1 fully saturated rings. The average Bonchev–Trinajstić information content (AvgIpc) is 2.90. The molecule has 2 nitrogen and oxygen atoms in total. The Morgan fingerprint density at radius 2 is 2.12 bits per heavy atom. The quantitative estimate of drug-likeness (QED) is 0.874. The Labute approximate surface area is 108 Å². The lowest BCUT2D eigenvalue weighted by atomic mass is 9.76. The topological polar surface area (TPSA) is 38.9 Å². The van der Waals surface area contributed by atoms with Crippen molar-refractivity contribution in [2.45, 2.75) is 63.8 Å². The minimum absolute atomic E-state index is 0.0966. The molecule has 2 aliphatic carbocycles. The number of thiazole rings is 1. The van der Waals surface area contributed by atoms with Crippen LogP contribution in [0.3, 0.4) is 0 Å². The van der Waals surface area contributed by atoms with E-state index in [9.17, 15) is 0 Å². The lowest BCUT2D eigenvalue weighted by Crippen LogP contribution is -2.40. The summed E-state index contributed by atoms with van der Waals surface area (Å²) in [5.41, 5.74) is 7.86. The molecule has 0 aromatic carbocycles. The Morgan fingerprint density at radius 3 is 2.76 bits per heavy atom. The number of aromatic nitrogens is 1. The Morgan fingerprint density at radius 1 is 1.35 bits per heavy atom. The van der Waals surface area contributed by atoms with Crippen LogP contribution in [0, 0.1) is 5.92 Å². The van der Waals surface area contributed by atoms with E-state index in [1.807, 2.05) is 11.3 Å². The van der Waals surface area contributed by atoms with Gasteiger partial charge in [-0.1, -0.05) is 13.3 Å². The highest BCUT2D eigenvalue weighted by Crippen LogP contribution is 2.42. The molecule has 0 bridgehead atoms. The van der Waals surface area contributed by atoms with Crippen LogP contribution < -0.4 is 5.73 Å². The SMILES string of the molecule is CCC1CCC(N)(c2nc3c(s2)CCC3)CC1. The van der Waals surface area contributed by atoms with Gasteiger partial charge in [0, 0.05) is 4.88 Å². The third kappa shape index (κ3) is 2.04. The van der Waals surface area contributed by atoms with Gasteiger partial charge in [0.05, 0.1) is 11.2 Å². The fraction of sp³-hybridized carbons (Fsp3) is 0.786. The smallest absolute Gasteiger partial charge is 0.113 e. The summed E-state index contributed by atoms with van der Waals surface area (Å²) in [4.78, 5) is 6.35. The molecule has 1 aromatic heterocycles. The van der Waals surface area contributed by atoms with Crippen LogP contribution in [-0.2, 0) is 18.4 Å². The van der Waals surface area contributed by atoms with Crippen molar-refractivity contribution in [2.75, 3.05) is 0 Å². The summed E-state index contributed by atoms with van der Waals surface area (Å²) >= 11 is 1.90. The summed E-state index contributed by atoms with van der Waals surface area (Å²) in [6, 6.07) is 0. The van der Waals surface area contributed by atoms with Crippen molar-refractivity contribution in [2.24, 2.45) is 11.7 Å². The average molecular weight is 250 g/mol. The molecule has 0 spiro atoms. The first kappa shape index (κ1) is 11.7. The van der Waals surface area contributed by atoms with E-state index < -0.39 is 0 Å². The van der Waals surface area contributed by atoms with Gasteiger partial charge in [-0.05, 0) is 50.9 Å². The van der Waals surface area contributed by atoms with Crippen LogP contribution in [0.15, 0.2) is 0 Å². The molecule has 0 unspecified atom stereocenters. The van der Waals surface area contributed by atoms with E-state index in [1.54, 1.807) is 0 Å². The zero-order valence-electron chi connectivity index (χ0n) is 10.7. The zero-order chi connectivity index (χ0) is 11.9. The van der Waals surface area contributed by atoms with Crippen LogP contribution in [-0.4, -0.2) is 4.98 Å². The van der Waals surface area contributed by atoms with E-state index >= 15 is 0 Å². The first-order valence-electron chi connectivity index (χ1n) is 6.99. The molecule has 94 valence electrons. The molecule has 0 saturated heterocycles. The Kier molecular flexibility index (Phi) is 2.99. The van der Waals surface area contributed by atoms with Crippen molar-refractivity contribution in [3.63, 3.8) is 0 Å². The normalized spacial score (nSPS) is 32.7. The molecule has 17 heavy (non-hydrogen) atoms. The maximum Gasteiger partial charge on any atom is 0.113 e. The number of hydrogen-bond donors (Lipinski definition) is 1. The van der Waals surface area contributed by atoms with Gasteiger partial charge in [0.1, 0.15) is 5.01 Å². The maximum atomic E-state index is 6.61. The monoisotopic (exact) mass is 250 g/mol. The molecule has 1 heterocycles. The fourth-order valence-electron chi connectivity index (χ4n) is 3.22. The molecule has 2 aliphatic rings. The lowest BCUT2D eigenvalue weighted by molar-refractivity contribution is 0.231. The van der Waals surface area contributed by atoms with Gasteiger partial charge >= 0.3 is 0 Å². The molecule has 1 aromatic rings. The molecule has 0 aliphatic heterocycles. The lowest BCUT2D eigenvalue weighted by Gasteiger charge is -2.35. The number of nitrogens with two attached hydrogens (primary N) is 1. The maximum absolute atomic E-state index is 6.61. The third-order valence-corrected chi connectivity index (χ3v) is 5.97. The first-order chi connectivity index (χ1) is 8.21.